The van der Waals surface area contributed by atoms with Gasteiger partial charge in [-0.1, -0.05) is 0 Å². The van der Waals surface area contributed by atoms with Gasteiger partial charge in [0.25, 0.3) is 11.4 Å². The number of carboxylic acids is 1. The lowest BCUT2D eigenvalue weighted by atomic mass is 10.2. The number of aromatic amines is 1. The highest BCUT2D eigenvalue weighted by Crippen LogP contribution is 2.44. The maximum Gasteiger partial charge on any atom is 0.365 e. The fourth-order valence-electron chi connectivity index (χ4n) is 2.61. The number of nitrogens with zero attached hydrogens (tertiary/aromatic N) is 1. The highest BCUT2D eigenvalue weighted by molar-refractivity contribution is 7.53. The van der Waals surface area contributed by atoms with Crippen molar-refractivity contribution < 1.29 is 29.0 Å². The van der Waals surface area contributed by atoms with Crippen molar-refractivity contribution >= 4 is 13.6 Å². The van der Waals surface area contributed by atoms with E-state index in [4.69, 9.17) is 19.6 Å². The fraction of sp³-hybridized carbons (Fsp3) is 0.583. The normalized spacial score (nSPS) is 22.9. The summed E-state index contributed by atoms with van der Waals surface area (Å²) in [7, 11) is -4.94. The molecule has 128 valence electrons. The van der Waals surface area contributed by atoms with Gasteiger partial charge in [-0.25, -0.2) is 9.59 Å². The predicted octanol–water partition coefficient (Wildman–Crippen LogP) is -0.456. The second-order valence-corrected chi connectivity index (χ2v) is 7.13. The number of nitrogens with one attached hydrogen (secondary N) is 1. The Morgan fingerprint density at radius 2 is 2.09 bits per heavy atom. The Balaban J connectivity index is 2.14. The summed E-state index contributed by atoms with van der Waals surface area (Å²) in [5, 5.41) is 8.85. The van der Waals surface area contributed by atoms with Crippen LogP contribution in [-0.2, 0) is 14.1 Å². The van der Waals surface area contributed by atoms with E-state index in [1.807, 2.05) is 0 Å². The number of hydrogen-bond donors (Lipinski definition) is 4. The van der Waals surface area contributed by atoms with E-state index < -0.39 is 36.8 Å². The zero-order chi connectivity index (χ0) is 17.4. The van der Waals surface area contributed by atoms with Crippen LogP contribution in [0.2, 0.25) is 0 Å². The van der Waals surface area contributed by atoms with Crippen LogP contribution in [-0.4, -0.2) is 42.4 Å². The summed E-state index contributed by atoms with van der Waals surface area (Å²) >= 11 is 0. The van der Waals surface area contributed by atoms with Crippen molar-refractivity contribution in [3.05, 3.63) is 32.6 Å². The number of carbonyl (C=O) groups is 1. The summed E-state index contributed by atoms with van der Waals surface area (Å²) in [5.41, 5.74) is -0.715. The van der Waals surface area contributed by atoms with E-state index in [0.29, 0.717) is 18.4 Å². The van der Waals surface area contributed by atoms with Crippen LogP contribution in [0.15, 0.2) is 15.8 Å². The van der Waals surface area contributed by atoms with Crippen LogP contribution in [0.1, 0.15) is 30.9 Å². The van der Waals surface area contributed by atoms with Crippen LogP contribution in [0.5, 0.6) is 0 Å². The number of H-pyrrole nitrogens is 1. The van der Waals surface area contributed by atoms with Crippen molar-refractivity contribution in [2.45, 2.75) is 44.2 Å². The van der Waals surface area contributed by atoms with Gasteiger partial charge < -0.3 is 19.6 Å². The third-order valence-electron chi connectivity index (χ3n) is 3.73. The van der Waals surface area contributed by atoms with Crippen LogP contribution in [0.3, 0.4) is 0 Å². The number of hydrogen-bond acceptors (Lipinski definition) is 5. The van der Waals surface area contributed by atoms with Crippen LogP contribution < -0.4 is 11.2 Å². The van der Waals surface area contributed by atoms with Crippen molar-refractivity contribution in [2.24, 2.45) is 0 Å². The monoisotopic (exact) mass is 348 g/mol. The first-order valence-electron chi connectivity index (χ1n) is 6.85. The standard InChI is InChI=1S/C12H17N2O8P/c1-6-5-14(12(18)13-9(6)15)7-2-3-8(4-7)22-11(10(16)17)23(19,20)21/h5,7-8,11H,2-4H2,1H3,(H,16,17)(H,13,15,18)(H2,19,20,21)/t7?,8-,11?/m0/s1. The highest BCUT2D eigenvalue weighted by atomic mass is 31.2. The molecule has 1 saturated carbocycles. The van der Waals surface area contributed by atoms with Gasteiger partial charge in [0.2, 0.25) is 0 Å². The van der Waals surface area contributed by atoms with Crippen LogP contribution in [0.25, 0.3) is 0 Å². The summed E-state index contributed by atoms with van der Waals surface area (Å²) < 4.78 is 17.5. The SMILES string of the molecule is Cc1cn(C2CC[C@H](OC(C(=O)O)P(=O)(O)O)C2)c(=O)[nH]c1=O. The second kappa shape index (κ2) is 6.40. The van der Waals surface area contributed by atoms with Crippen molar-refractivity contribution in [1.29, 1.82) is 0 Å². The molecule has 0 aliphatic heterocycles. The van der Waals surface area contributed by atoms with Gasteiger partial charge in [-0.15, -0.1) is 0 Å². The third kappa shape index (κ3) is 3.97. The van der Waals surface area contributed by atoms with E-state index >= 15 is 0 Å². The van der Waals surface area contributed by atoms with Gasteiger partial charge in [0.05, 0.1) is 6.10 Å². The Bertz CT molecular complexity index is 763. The molecule has 0 aromatic carbocycles. The lowest BCUT2D eigenvalue weighted by molar-refractivity contribution is -0.148. The first-order valence-corrected chi connectivity index (χ1v) is 8.53. The zero-order valence-corrected chi connectivity index (χ0v) is 13.1. The molecule has 2 unspecified atom stereocenters. The number of aromatic nitrogens is 2. The molecule has 0 radical (unpaired) electrons. The van der Waals surface area contributed by atoms with E-state index in [1.165, 1.54) is 10.8 Å². The molecule has 0 amide bonds. The fourth-order valence-corrected chi connectivity index (χ4v) is 3.23. The lowest BCUT2D eigenvalue weighted by Gasteiger charge is -2.20. The Morgan fingerprint density at radius 1 is 1.43 bits per heavy atom. The molecule has 1 fully saturated rings. The first-order chi connectivity index (χ1) is 10.6. The minimum absolute atomic E-state index is 0.217. The Labute approximate surface area is 129 Å². The number of rotatable bonds is 5. The highest BCUT2D eigenvalue weighted by Gasteiger charge is 2.41. The van der Waals surface area contributed by atoms with Crippen LogP contribution in [0, 0.1) is 6.92 Å². The van der Waals surface area contributed by atoms with E-state index in [0.717, 1.165) is 0 Å². The predicted molar refractivity (Wildman–Crippen MR) is 77.3 cm³/mol. The number of carboxylic acid groups (broad SMARTS) is 1. The maximum absolute atomic E-state index is 11.8. The van der Waals surface area contributed by atoms with Crippen molar-refractivity contribution in [3.63, 3.8) is 0 Å². The minimum Gasteiger partial charge on any atom is -0.479 e. The van der Waals surface area contributed by atoms with Gasteiger partial charge in [0, 0.05) is 17.8 Å². The molecule has 1 aliphatic carbocycles. The third-order valence-corrected chi connectivity index (χ3v) is 4.69. The molecule has 1 aliphatic rings. The zero-order valence-electron chi connectivity index (χ0n) is 12.2. The first kappa shape index (κ1) is 17.6. The molecule has 23 heavy (non-hydrogen) atoms. The van der Waals surface area contributed by atoms with E-state index in [1.54, 1.807) is 6.92 Å². The van der Waals surface area contributed by atoms with Gasteiger partial charge in [-0.2, -0.15) is 0 Å². The molecule has 3 atom stereocenters. The van der Waals surface area contributed by atoms with Crippen molar-refractivity contribution in [1.82, 2.24) is 9.55 Å². The largest absolute Gasteiger partial charge is 0.479 e. The molecule has 11 heteroatoms. The molecule has 4 N–H and O–H groups in total. The van der Waals surface area contributed by atoms with Gasteiger partial charge >= 0.3 is 19.3 Å². The number of ether oxygens (including phenoxy) is 1. The van der Waals surface area contributed by atoms with Gasteiger partial charge in [0.15, 0.2) is 0 Å². The van der Waals surface area contributed by atoms with Crippen LogP contribution >= 0.6 is 7.60 Å². The summed E-state index contributed by atoms with van der Waals surface area (Å²) in [6, 6.07) is -0.339. The Morgan fingerprint density at radius 3 is 2.65 bits per heavy atom. The molecule has 0 saturated heterocycles. The average Bonchev–Trinajstić information content (AvgIpc) is 2.87. The maximum atomic E-state index is 11.8. The average molecular weight is 348 g/mol. The summed E-state index contributed by atoms with van der Waals surface area (Å²) in [6.45, 7) is 1.55. The van der Waals surface area contributed by atoms with Gasteiger partial charge in [-0.3, -0.25) is 18.9 Å². The van der Waals surface area contributed by atoms with Crippen molar-refractivity contribution in [2.75, 3.05) is 0 Å². The Hall–Kier alpha value is -1.74. The summed E-state index contributed by atoms with van der Waals surface area (Å²) in [5.74, 6) is -3.96. The molecule has 2 rings (SSSR count). The molecule has 1 aromatic heterocycles. The molecule has 0 spiro atoms. The smallest absolute Gasteiger partial charge is 0.365 e. The number of aliphatic carboxylic acids is 1. The summed E-state index contributed by atoms with van der Waals surface area (Å²) in [4.78, 5) is 54.3. The molecule has 0 bridgehead atoms. The molecule has 10 nitrogen and oxygen atoms in total. The number of aryl methyl sites for hydroxylation is 1. The quantitative estimate of drug-likeness (QED) is 0.520. The molecule has 1 heterocycles. The van der Waals surface area contributed by atoms with Crippen molar-refractivity contribution in [3.8, 4) is 0 Å². The Kier molecular flexibility index (Phi) is 4.90. The van der Waals surface area contributed by atoms with Crippen LogP contribution in [0.4, 0.5) is 0 Å². The molecular weight excluding hydrogens is 331 g/mol. The van der Waals surface area contributed by atoms with E-state index in [2.05, 4.69) is 4.98 Å². The topological polar surface area (TPSA) is 159 Å². The summed E-state index contributed by atoms with van der Waals surface area (Å²) in [6.07, 6.45) is 1.73. The van der Waals surface area contributed by atoms with Gasteiger partial charge in [0.1, 0.15) is 0 Å². The molecular formula is C12H17N2O8P. The minimum atomic E-state index is -4.94. The lowest BCUT2D eigenvalue weighted by Crippen LogP contribution is -2.33. The van der Waals surface area contributed by atoms with Gasteiger partial charge in [-0.05, 0) is 26.2 Å². The second-order valence-electron chi connectivity index (χ2n) is 5.48. The van der Waals surface area contributed by atoms with E-state index in [9.17, 15) is 18.9 Å². The van der Waals surface area contributed by atoms with E-state index in [-0.39, 0.29) is 12.5 Å². The molecule has 1 aromatic rings.